The van der Waals surface area contributed by atoms with E-state index in [0.717, 1.165) is 9.37 Å². The first-order valence-corrected chi connectivity index (χ1v) is 9.88. The summed E-state index contributed by atoms with van der Waals surface area (Å²) >= 11 is 4.75. The van der Waals surface area contributed by atoms with Gasteiger partial charge in [0.2, 0.25) is 0 Å². The molecule has 3 aromatic rings. The third-order valence-electron chi connectivity index (χ3n) is 3.73. The van der Waals surface area contributed by atoms with Gasteiger partial charge in [-0.25, -0.2) is 4.39 Å². The minimum Gasteiger partial charge on any atom is -0.322 e. The summed E-state index contributed by atoms with van der Waals surface area (Å²) in [5.41, 5.74) is 1.65. The van der Waals surface area contributed by atoms with Gasteiger partial charge in [-0.2, -0.15) is 0 Å². The Labute approximate surface area is 169 Å². The molecule has 0 heterocycles. The van der Waals surface area contributed by atoms with Crippen molar-refractivity contribution >= 4 is 45.1 Å². The van der Waals surface area contributed by atoms with Crippen molar-refractivity contribution in [1.29, 1.82) is 0 Å². The zero-order valence-electron chi connectivity index (χ0n) is 14.1. The van der Waals surface area contributed by atoms with Gasteiger partial charge in [0.1, 0.15) is 5.82 Å². The van der Waals surface area contributed by atoms with E-state index in [0.29, 0.717) is 22.6 Å². The zero-order valence-corrected chi connectivity index (χ0v) is 16.5. The Morgan fingerprint density at radius 3 is 2.30 bits per heavy atom. The summed E-state index contributed by atoms with van der Waals surface area (Å²) in [5.74, 6) is -0.367. The SMILES string of the molecule is O=C(CSc1cccc(NC(=O)c2ccc(F)cc2)c1)c1ccc(Br)cc1. The summed E-state index contributed by atoms with van der Waals surface area (Å²) in [6.45, 7) is 0. The number of carbonyl (C=O) groups is 2. The van der Waals surface area contributed by atoms with E-state index in [4.69, 9.17) is 0 Å². The van der Waals surface area contributed by atoms with Gasteiger partial charge in [-0.3, -0.25) is 9.59 Å². The van der Waals surface area contributed by atoms with Crippen LogP contribution in [0.15, 0.2) is 82.2 Å². The molecule has 27 heavy (non-hydrogen) atoms. The first-order chi connectivity index (χ1) is 13.0. The van der Waals surface area contributed by atoms with Crippen molar-refractivity contribution in [2.45, 2.75) is 4.90 Å². The third kappa shape index (κ3) is 5.52. The average molecular weight is 444 g/mol. The van der Waals surface area contributed by atoms with E-state index in [2.05, 4.69) is 21.2 Å². The number of Topliss-reactive ketones (excluding diaryl/α,β-unsaturated/α-hetero) is 1. The summed E-state index contributed by atoms with van der Waals surface area (Å²) in [5, 5.41) is 2.78. The molecule has 0 bridgehead atoms. The maximum atomic E-state index is 13.0. The molecule has 0 saturated carbocycles. The van der Waals surface area contributed by atoms with Crippen molar-refractivity contribution in [3.05, 3.63) is 94.2 Å². The third-order valence-corrected chi connectivity index (χ3v) is 5.26. The minimum atomic E-state index is -0.389. The van der Waals surface area contributed by atoms with Crippen LogP contribution in [0.4, 0.5) is 10.1 Å². The molecule has 0 aliphatic rings. The molecule has 0 aromatic heterocycles. The highest BCUT2D eigenvalue weighted by molar-refractivity contribution is 9.10. The monoisotopic (exact) mass is 443 g/mol. The number of nitrogens with one attached hydrogen (secondary N) is 1. The lowest BCUT2D eigenvalue weighted by molar-refractivity contribution is 0.101. The highest BCUT2D eigenvalue weighted by atomic mass is 79.9. The van der Waals surface area contributed by atoms with Gasteiger partial charge in [-0.15, -0.1) is 11.8 Å². The second-order valence-electron chi connectivity index (χ2n) is 5.71. The fourth-order valence-corrected chi connectivity index (χ4v) is 3.45. The first-order valence-electron chi connectivity index (χ1n) is 8.10. The molecule has 1 N–H and O–H groups in total. The lowest BCUT2D eigenvalue weighted by atomic mass is 10.2. The lowest BCUT2D eigenvalue weighted by Crippen LogP contribution is -2.11. The van der Waals surface area contributed by atoms with Crippen molar-refractivity contribution < 1.29 is 14.0 Å². The van der Waals surface area contributed by atoms with Crippen LogP contribution in [0.5, 0.6) is 0 Å². The standard InChI is InChI=1S/C21H15BrFNO2S/c22-16-8-4-14(5-9-16)20(25)13-27-19-3-1-2-18(12-19)24-21(26)15-6-10-17(23)11-7-15/h1-12H,13H2,(H,24,26). The van der Waals surface area contributed by atoms with Crippen molar-refractivity contribution in [3.8, 4) is 0 Å². The van der Waals surface area contributed by atoms with E-state index in [1.807, 2.05) is 24.3 Å². The molecule has 0 saturated heterocycles. The Morgan fingerprint density at radius 1 is 0.926 bits per heavy atom. The van der Waals surface area contributed by atoms with Gasteiger partial charge in [0.25, 0.3) is 5.91 Å². The zero-order chi connectivity index (χ0) is 19.2. The van der Waals surface area contributed by atoms with Crippen LogP contribution in [-0.2, 0) is 0 Å². The largest absolute Gasteiger partial charge is 0.322 e. The van der Waals surface area contributed by atoms with Crippen molar-refractivity contribution in [1.82, 2.24) is 0 Å². The van der Waals surface area contributed by atoms with Crippen molar-refractivity contribution in [2.24, 2.45) is 0 Å². The normalized spacial score (nSPS) is 10.4. The molecule has 1 amide bonds. The van der Waals surface area contributed by atoms with E-state index in [9.17, 15) is 14.0 Å². The van der Waals surface area contributed by atoms with Crippen LogP contribution in [0.3, 0.4) is 0 Å². The molecule has 6 heteroatoms. The van der Waals surface area contributed by atoms with Crippen LogP contribution >= 0.6 is 27.7 Å². The molecule has 3 aromatic carbocycles. The number of rotatable bonds is 6. The smallest absolute Gasteiger partial charge is 0.255 e. The molecule has 0 radical (unpaired) electrons. The number of hydrogen-bond donors (Lipinski definition) is 1. The van der Waals surface area contributed by atoms with Crippen LogP contribution in [0.1, 0.15) is 20.7 Å². The Morgan fingerprint density at radius 2 is 1.59 bits per heavy atom. The molecule has 3 rings (SSSR count). The van der Waals surface area contributed by atoms with Crippen molar-refractivity contribution in [2.75, 3.05) is 11.1 Å². The van der Waals surface area contributed by atoms with Crippen LogP contribution in [0.25, 0.3) is 0 Å². The molecular formula is C21H15BrFNO2S. The lowest BCUT2D eigenvalue weighted by Gasteiger charge is -2.08. The topological polar surface area (TPSA) is 46.2 Å². The molecule has 0 aliphatic carbocycles. The fourth-order valence-electron chi connectivity index (χ4n) is 2.34. The van der Waals surface area contributed by atoms with Crippen LogP contribution in [0.2, 0.25) is 0 Å². The minimum absolute atomic E-state index is 0.0354. The summed E-state index contributed by atoms with van der Waals surface area (Å²) in [6, 6.07) is 19.9. The number of hydrogen-bond acceptors (Lipinski definition) is 3. The number of benzene rings is 3. The molecule has 3 nitrogen and oxygen atoms in total. The van der Waals surface area contributed by atoms with Gasteiger partial charge in [0.05, 0.1) is 5.75 Å². The van der Waals surface area contributed by atoms with E-state index in [1.54, 1.807) is 24.3 Å². The van der Waals surface area contributed by atoms with Crippen LogP contribution < -0.4 is 5.32 Å². The van der Waals surface area contributed by atoms with Gasteiger partial charge < -0.3 is 5.32 Å². The van der Waals surface area contributed by atoms with E-state index >= 15 is 0 Å². The second-order valence-corrected chi connectivity index (χ2v) is 7.67. The molecule has 0 spiro atoms. The molecule has 0 fully saturated rings. The number of thioether (sulfide) groups is 1. The van der Waals surface area contributed by atoms with Crippen molar-refractivity contribution in [3.63, 3.8) is 0 Å². The Bertz CT molecular complexity index is 959. The number of amides is 1. The average Bonchev–Trinajstić information content (AvgIpc) is 2.67. The van der Waals surface area contributed by atoms with Gasteiger partial charge in [0.15, 0.2) is 5.78 Å². The summed E-state index contributed by atoms with van der Waals surface area (Å²) in [7, 11) is 0. The van der Waals surface area contributed by atoms with Crippen LogP contribution in [-0.4, -0.2) is 17.4 Å². The molecule has 0 aliphatic heterocycles. The maximum Gasteiger partial charge on any atom is 0.255 e. The molecule has 0 atom stereocenters. The number of carbonyl (C=O) groups excluding carboxylic acids is 2. The predicted molar refractivity (Wildman–Crippen MR) is 110 cm³/mol. The number of halogens is 2. The molecule has 136 valence electrons. The van der Waals surface area contributed by atoms with E-state index < -0.39 is 0 Å². The highest BCUT2D eigenvalue weighted by Gasteiger charge is 2.09. The first kappa shape index (κ1) is 19.3. The van der Waals surface area contributed by atoms with Gasteiger partial charge in [0, 0.05) is 26.2 Å². The molecular weight excluding hydrogens is 429 g/mol. The van der Waals surface area contributed by atoms with Gasteiger partial charge in [-0.05, 0) is 54.6 Å². The fraction of sp³-hybridized carbons (Fsp3) is 0.0476. The Hall–Kier alpha value is -2.44. The summed E-state index contributed by atoms with van der Waals surface area (Å²) in [4.78, 5) is 25.4. The maximum absolute atomic E-state index is 13.0. The second kappa shape index (κ2) is 8.97. The highest BCUT2D eigenvalue weighted by Crippen LogP contribution is 2.23. The summed E-state index contributed by atoms with van der Waals surface area (Å²) in [6.07, 6.45) is 0. The Balaban J connectivity index is 1.61. The number of ketones is 1. The van der Waals surface area contributed by atoms with Gasteiger partial charge in [-0.1, -0.05) is 34.1 Å². The Kier molecular flexibility index (Phi) is 6.42. The molecule has 0 unspecified atom stereocenters. The predicted octanol–water partition coefficient (Wildman–Crippen LogP) is 5.82. The number of anilines is 1. The van der Waals surface area contributed by atoms with E-state index in [-0.39, 0.29) is 17.5 Å². The van der Waals surface area contributed by atoms with E-state index in [1.165, 1.54) is 36.0 Å². The quantitative estimate of drug-likeness (QED) is 0.385. The summed E-state index contributed by atoms with van der Waals surface area (Å²) < 4.78 is 13.9. The van der Waals surface area contributed by atoms with Gasteiger partial charge >= 0.3 is 0 Å². The van der Waals surface area contributed by atoms with Crippen LogP contribution in [0, 0.1) is 5.82 Å².